The zero-order valence-electron chi connectivity index (χ0n) is 10.6. The van der Waals surface area contributed by atoms with Crippen LogP contribution in [0.4, 0.5) is 0 Å². The van der Waals surface area contributed by atoms with E-state index in [1.807, 2.05) is 48.0 Å². The van der Waals surface area contributed by atoms with Gasteiger partial charge in [0, 0.05) is 18.4 Å². The summed E-state index contributed by atoms with van der Waals surface area (Å²) in [5.41, 5.74) is 3.84. The number of aryl methyl sites for hydroxylation is 1. The van der Waals surface area contributed by atoms with E-state index in [0.29, 0.717) is 12.1 Å². The highest BCUT2D eigenvalue weighted by Crippen LogP contribution is 2.17. The summed E-state index contributed by atoms with van der Waals surface area (Å²) < 4.78 is 2.03. The molecule has 0 amide bonds. The van der Waals surface area contributed by atoms with Crippen molar-refractivity contribution in [1.82, 2.24) is 4.57 Å². The predicted octanol–water partition coefficient (Wildman–Crippen LogP) is 2.77. The van der Waals surface area contributed by atoms with Crippen molar-refractivity contribution in [2.45, 2.75) is 26.5 Å². The minimum Gasteiger partial charge on any atom is -0.387 e. The molecule has 2 aromatic rings. The van der Waals surface area contributed by atoms with E-state index in [1.54, 1.807) is 6.92 Å². The summed E-state index contributed by atoms with van der Waals surface area (Å²) in [4.78, 5) is 0. The van der Waals surface area contributed by atoms with E-state index in [4.69, 9.17) is 5.26 Å². The molecule has 1 aromatic carbocycles. The van der Waals surface area contributed by atoms with E-state index >= 15 is 0 Å². The Morgan fingerprint density at radius 1 is 1.39 bits per heavy atom. The average Bonchev–Trinajstić information content (AvgIpc) is 2.80. The summed E-state index contributed by atoms with van der Waals surface area (Å²) in [6.45, 7) is 4.48. The fourth-order valence-corrected chi connectivity index (χ4v) is 2.08. The fraction of sp³-hybridized carbons (Fsp3) is 0.267. The Morgan fingerprint density at radius 2 is 2.17 bits per heavy atom. The molecule has 1 atom stereocenters. The van der Waals surface area contributed by atoms with Gasteiger partial charge in [0.25, 0.3) is 0 Å². The zero-order valence-corrected chi connectivity index (χ0v) is 10.6. The number of aliphatic hydroxyl groups is 1. The van der Waals surface area contributed by atoms with Crippen LogP contribution in [0.1, 0.15) is 35.4 Å². The Balaban J connectivity index is 2.29. The Bertz CT molecular complexity index is 591. The van der Waals surface area contributed by atoms with Crippen LogP contribution in [-0.4, -0.2) is 9.67 Å². The van der Waals surface area contributed by atoms with Crippen molar-refractivity contribution in [1.29, 1.82) is 5.26 Å². The molecule has 1 heterocycles. The van der Waals surface area contributed by atoms with Crippen LogP contribution in [0.25, 0.3) is 0 Å². The molecule has 0 saturated carbocycles. The van der Waals surface area contributed by atoms with Crippen LogP contribution < -0.4 is 0 Å². The quantitative estimate of drug-likeness (QED) is 0.896. The van der Waals surface area contributed by atoms with Gasteiger partial charge >= 0.3 is 0 Å². The minimum atomic E-state index is -0.473. The van der Waals surface area contributed by atoms with Crippen molar-refractivity contribution in [3.05, 3.63) is 58.9 Å². The molecule has 1 unspecified atom stereocenters. The van der Waals surface area contributed by atoms with Crippen molar-refractivity contribution in [3.63, 3.8) is 0 Å². The lowest BCUT2D eigenvalue weighted by Crippen LogP contribution is -2.06. The molecule has 2 rings (SSSR count). The zero-order chi connectivity index (χ0) is 13.1. The van der Waals surface area contributed by atoms with Crippen molar-refractivity contribution in [2.24, 2.45) is 0 Å². The van der Waals surface area contributed by atoms with E-state index in [-0.39, 0.29) is 0 Å². The van der Waals surface area contributed by atoms with Gasteiger partial charge in [0.1, 0.15) is 0 Å². The molecule has 3 heteroatoms. The normalized spacial score (nSPS) is 12.1. The van der Waals surface area contributed by atoms with E-state index in [1.165, 1.54) is 0 Å². The van der Waals surface area contributed by atoms with Gasteiger partial charge in [-0.1, -0.05) is 6.07 Å². The summed E-state index contributed by atoms with van der Waals surface area (Å²) in [5.74, 6) is 0. The largest absolute Gasteiger partial charge is 0.387 e. The molecule has 1 N–H and O–H groups in total. The highest BCUT2D eigenvalue weighted by Gasteiger charge is 2.08. The van der Waals surface area contributed by atoms with Crippen molar-refractivity contribution < 1.29 is 5.11 Å². The molecule has 0 aliphatic carbocycles. The van der Waals surface area contributed by atoms with E-state index < -0.39 is 6.10 Å². The summed E-state index contributed by atoms with van der Waals surface area (Å²) in [7, 11) is 0. The standard InChI is InChI=1S/C15H16N2O/c1-11-8-13(9-16)5-6-14(11)10-17-7-3-4-15(17)12(2)18/h3-8,12,18H,10H2,1-2H3. The van der Waals surface area contributed by atoms with Gasteiger partial charge in [0.2, 0.25) is 0 Å². The Morgan fingerprint density at radius 3 is 2.78 bits per heavy atom. The van der Waals surface area contributed by atoms with Crippen LogP contribution in [0.3, 0.4) is 0 Å². The van der Waals surface area contributed by atoms with E-state index in [0.717, 1.165) is 16.8 Å². The predicted molar refractivity (Wildman–Crippen MR) is 70.1 cm³/mol. The fourth-order valence-electron chi connectivity index (χ4n) is 2.08. The molecule has 3 nitrogen and oxygen atoms in total. The first-order valence-electron chi connectivity index (χ1n) is 5.94. The van der Waals surface area contributed by atoms with Crippen LogP contribution in [0, 0.1) is 18.3 Å². The van der Waals surface area contributed by atoms with Crippen molar-refractivity contribution in [3.8, 4) is 6.07 Å². The number of hydrogen-bond donors (Lipinski definition) is 1. The maximum absolute atomic E-state index is 9.66. The summed E-state index contributed by atoms with van der Waals surface area (Å²) in [5, 5.41) is 18.5. The molecule has 0 fully saturated rings. The van der Waals surface area contributed by atoms with Gasteiger partial charge in [-0.25, -0.2) is 0 Å². The third kappa shape index (κ3) is 2.44. The summed E-state index contributed by atoms with van der Waals surface area (Å²) in [6.07, 6.45) is 1.48. The van der Waals surface area contributed by atoms with Crippen LogP contribution in [0.15, 0.2) is 36.5 Å². The topological polar surface area (TPSA) is 49.0 Å². The monoisotopic (exact) mass is 240 g/mol. The first-order chi connectivity index (χ1) is 8.61. The molecule has 0 spiro atoms. The third-order valence-corrected chi connectivity index (χ3v) is 3.11. The summed E-state index contributed by atoms with van der Waals surface area (Å²) in [6, 6.07) is 11.7. The second-order valence-electron chi connectivity index (χ2n) is 4.49. The molecule has 0 bridgehead atoms. The second kappa shape index (κ2) is 5.07. The number of benzene rings is 1. The van der Waals surface area contributed by atoms with Crippen molar-refractivity contribution >= 4 is 0 Å². The number of rotatable bonds is 3. The van der Waals surface area contributed by atoms with Crippen LogP contribution >= 0.6 is 0 Å². The van der Waals surface area contributed by atoms with Crippen molar-refractivity contribution in [2.75, 3.05) is 0 Å². The first-order valence-corrected chi connectivity index (χ1v) is 5.94. The molecule has 1 aromatic heterocycles. The van der Waals surface area contributed by atoms with Gasteiger partial charge < -0.3 is 9.67 Å². The van der Waals surface area contributed by atoms with Gasteiger partial charge in [-0.05, 0) is 49.2 Å². The molecule has 18 heavy (non-hydrogen) atoms. The van der Waals surface area contributed by atoms with Gasteiger partial charge in [0.05, 0.1) is 17.7 Å². The maximum atomic E-state index is 9.66. The average molecular weight is 240 g/mol. The number of nitrogens with zero attached hydrogens (tertiary/aromatic N) is 2. The number of aliphatic hydroxyl groups excluding tert-OH is 1. The van der Waals surface area contributed by atoms with Gasteiger partial charge in [-0.2, -0.15) is 5.26 Å². The molecule has 0 saturated heterocycles. The third-order valence-electron chi connectivity index (χ3n) is 3.11. The Kier molecular flexibility index (Phi) is 3.50. The highest BCUT2D eigenvalue weighted by atomic mass is 16.3. The van der Waals surface area contributed by atoms with Gasteiger partial charge in [-0.3, -0.25) is 0 Å². The Hall–Kier alpha value is -2.05. The Labute approximate surface area is 107 Å². The van der Waals surface area contributed by atoms with Crippen LogP contribution in [-0.2, 0) is 6.54 Å². The molecular weight excluding hydrogens is 224 g/mol. The van der Waals surface area contributed by atoms with Crippen LogP contribution in [0.5, 0.6) is 0 Å². The lowest BCUT2D eigenvalue weighted by molar-refractivity contribution is 0.190. The number of aromatic nitrogens is 1. The first kappa shape index (κ1) is 12.4. The number of nitriles is 1. The second-order valence-corrected chi connectivity index (χ2v) is 4.49. The van der Waals surface area contributed by atoms with E-state index in [2.05, 4.69) is 6.07 Å². The molecular formula is C15H16N2O. The molecule has 92 valence electrons. The summed E-state index contributed by atoms with van der Waals surface area (Å²) >= 11 is 0. The smallest absolute Gasteiger partial charge is 0.0991 e. The lowest BCUT2D eigenvalue weighted by atomic mass is 10.1. The van der Waals surface area contributed by atoms with Gasteiger partial charge in [0.15, 0.2) is 0 Å². The lowest BCUT2D eigenvalue weighted by Gasteiger charge is -2.13. The van der Waals surface area contributed by atoms with Gasteiger partial charge in [-0.15, -0.1) is 0 Å². The molecule has 0 aliphatic rings. The molecule has 0 aliphatic heterocycles. The SMILES string of the molecule is Cc1cc(C#N)ccc1Cn1cccc1C(C)O. The minimum absolute atomic E-state index is 0.473. The highest BCUT2D eigenvalue weighted by molar-refractivity contribution is 5.37. The molecule has 0 radical (unpaired) electrons. The van der Waals surface area contributed by atoms with E-state index in [9.17, 15) is 5.11 Å². The number of hydrogen-bond acceptors (Lipinski definition) is 2. The maximum Gasteiger partial charge on any atom is 0.0991 e. The van der Waals surface area contributed by atoms with Crippen LogP contribution in [0.2, 0.25) is 0 Å².